The second kappa shape index (κ2) is 11.1. The quantitative estimate of drug-likeness (QED) is 0.654. The summed E-state index contributed by atoms with van der Waals surface area (Å²) in [6.45, 7) is 8.78. The van der Waals surface area contributed by atoms with Crippen LogP contribution in [-0.2, 0) is 9.53 Å². The molecule has 0 bridgehead atoms. The van der Waals surface area contributed by atoms with Crippen molar-refractivity contribution in [3.8, 4) is 0 Å². The van der Waals surface area contributed by atoms with Gasteiger partial charge in [-0.2, -0.15) is 0 Å². The van der Waals surface area contributed by atoms with E-state index in [1.807, 2.05) is 25.1 Å². The fourth-order valence-electron chi connectivity index (χ4n) is 3.37. The zero-order valence-corrected chi connectivity index (χ0v) is 18.4. The number of ether oxygens (including phenoxy) is 1. The minimum atomic E-state index is -0.394. The van der Waals surface area contributed by atoms with Crippen LogP contribution in [0.15, 0.2) is 42.5 Å². The first-order valence-electron chi connectivity index (χ1n) is 10.3. The van der Waals surface area contributed by atoms with Gasteiger partial charge in [0.1, 0.15) is 5.00 Å². The predicted octanol–water partition coefficient (Wildman–Crippen LogP) is 3.50. The van der Waals surface area contributed by atoms with Crippen molar-refractivity contribution in [2.45, 2.75) is 13.8 Å². The molecule has 1 saturated heterocycles. The average Bonchev–Trinajstić information content (AvgIpc) is 3.10. The van der Waals surface area contributed by atoms with E-state index >= 15 is 0 Å². The van der Waals surface area contributed by atoms with Gasteiger partial charge in [0.25, 0.3) is 0 Å². The van der Waals surface area contributed by atoms with Crippen molar-refractivity contribution in [1.29, 1.82) is 0 Å². The normalized spacial score (nSPS) is 15.4. The van der Waals surface area contributed by atoms with Crippen molar-refractivity contribution in [3.63, 3.8) is 0 Å². The number of anilines is 1. The Hall–Kier alpha value is -2.48. The van der Waals surface area contributed by atoms with Crippen molar-refractivity contribution in [1.82, 2.24) is 9.80 Å². The molecular formula is C23H29N3O3S. The third kappa shape index (κ3) is 6.52. The van der Waals surface area contributed by atoms with Crippen LogP contribution in [0.25, 0.3) is 6.08 Å². The predicted molar refractivity (Wildman–Crippen MR) is 122 cm³/mol. The molecule has 1 aromatic heterocycles. The molecule has 3 rings (SSSR count). The highest BCUT2D eigenvalue weighted by Crippen LogP contribution is 2.28. The molecule has 0 radical (unpaired) electrons. The van der Waals surface area contributed by atoms with Crippen molar-refractivity contribution < 1.29 is 14.3 Å². The third-order valence-electron chi connectivity index (χ3n) is 4.91. The van der Waals surface area contributed by atoms with Crippen molar-refractivity contribution in [3.05, 3.63) is 58.5 Å². The minimum Gasteiger partial charge on any atom is -0.462 e. The summed E-state index contributed by atoms with van der Waals surface area (Å²) in [6, 6.07) is 12.0. The van der Waals surface area contributed by atoms with E-state index in [4.69, 9.17) is 4.74 Å². The van der Waals surface area contributed by atoms with E-state index < -0.39 is 5.97 Å². The number of carbonyl (C=O) groups is 2. The SMILES string of the molecule is CCOC(=O)c1cc(C)sc1NC(=O)CN1CCN(C/C=C/c2ccccc2)CC1. The Bertz CT molecular complexity index is 871. The summed E-state index contributed by atoms with van der Waals surface area (Å²) in [5.41, 5.74) is 1.64. The maximum absolute atomic E-state index is 12.5. The summed E-state index contributed by atoms with van der Waals surface area (Å²) >= 11 is 1.40. The van der Waals surface area contributed by atoms with Crippen LogP contribution < -0.4 is 5.32 Å². The molecule has 0 spiro atoms. The summed E-state index contributed by atoms with van der Waals surface area (Å²) < 4.78 is 5.08. The van der Waals surface area contributed by atoms with E-state index in [9.17, 15) is 9.59 Å². The first-order valence-corrected chi connectivity index (χ1v) is 11.1. The molecule has 1 N–H and O–H groups in total. The van der Waals surface area contributed by atoms with Crippen molar-refractivity contribution in [2.75, 3.05) is 51.2 Å². The molecule has 7 heteroatoms. The summed E-state index contributed by atoms with van der Waals surface area (Å²) in [5.74, 6) is -0.492. The number of nitrogens with zero attached hydrogens (tertiary/aromatic N) is 2. The van der Waals surface area contributed by atoms with Crippen LogP contribution >= 0.6 is 11.3 Å². The average molecular weight is 428 g/mol. The molecule has 0 unspecified atom stereocenters. The van der Waals surface area contributed by atoms with Crippen molar-refractivity contribution in [2.24, 2.45) is 0 Å². The second-order valence-electron chi connectivity index (χ2n) is 7.26. The molecular weight excluding hydrogens is 398 g/mol. The monoisotopic (exact) mass is 427 g/mol. The highest BCUT2D eigenvalue weighted by Gasteiger charge is 2.21. The Balaban J connectivity index is 1.43. The Morgan fingerprint density at radius 1 is 1.13 bits per heavy atom. The number of piperazine rings is 1. The first-order chi connectivity index (χ1) is 14.5. The number of amides is 1. The van der Waals surface area contributed by atoms with Crippen LogP contribution in [0.3, 0.4) is 0 Å². The van der Waals surface area contributed by atoms with Gasteiger partial charge in [0.05, 0.1) is 18.7 Å². The lowest BCUT2D eigenvalue weighted by atomic mass is 10.2. The van der Waals surface area contributed by atoms with E-state index in [-0.39, 0.29) is 5.91 Å². The highest BCUT2D eigenvalue weighted by molar-refractivity contribution is 7.16. The maximum atomic E-state index is 12.5. The van der Waals surface area contributed by atoms with Gasteiger partial charge in [0.2, 0.25) is 5.91 Å². The minimum absolute atomic E-state index is 0.0974. The first kappa shape index (κ1) is 22.2. The number of hydrogen-bond donors (Lipinski definition) is 1. The molecule has 160 valence electrons. The van der Waals surface area contributed by atoms with Crippen LogP contribution in [0.2, 0.25) is 0 Å². The number of carbonyl (C=O) groups excluding carboxylic acids is 2. The molecule has 1 aliphatic heterocycles. The Morgan fingerprint density at radius 3 is 2.53 bits per heavy atom. The summed E-state index contributed by atoms with van der Waals surface area (Å²) in [7, 11) is 0. The molecule has 2 heterocycles. The summed E-state index contributed by atoms with van der Waals surface area (Å²) in [6.07, 6.45) is 4.33. The van der Waals surface area contributed by atoms with Gasteiger partial charge in [0, 0.05) is 37.6 Å². The largest absolute Gasteiger partial charge is 0.462 e. The van der Waals surface area contributed by atoms with Crippen LogP contribution in [0, 0.1) is 6.92 Å². The number of thiophene rings is 1. The van der Waals surface area contributed by atoms with Gasteiger partial charge in [-0.1, -0.05) is 42.5 Å². The Kier molecular flexibility index (Phi) is 8.19. The zero-order valence-electron chi connectivity index (χ0n) is 17.6. The fraction of sp³-hybridized carbons (Fsp3) is 0.391. The molecule has 1 aromatic carbocycles. The van der Waals surface area contributed by atoms with Gasteiger partial charge >= 0.3 is 5.97 Å². The van der Waals surface area contributed by atoms with Crippen LogP contribution in [0.1, 0.15) is 27.7 Å². The zero-order chi connectivity index (χ0) is 21.3. The van der Waals surface area contributed by atoms with E-state index in [1.165, 1.54) is 16.9 Å². The Morgan fingerprint density at radius 2 is 1.83 bits per heavy atom. The van der Waals surface area contributed by atoms with Gasteiger partial charge in [-0.25, -0.2) is 4.79 Å². The Labute approximate surface area is 182 Å². The number of rotatable bonds is 8. The van der Waals surface area contributed by atoms with Gasteiger partial charge in [-0.15, -0.1) is 11.3 Å². The van der Waals surface area contributed by atoms with E-state index in [0.717, 1.165) is 37.6 Å². The number of esters is 1. The lowest BCUT2D eigenvalue weighted by Gasteiger charge is -2.33. The molecule has 1 fully saturated rings. The van der Waals surface area contributed by atoms with Gasteiger partial charge in [-0.05, 0) is 25.5 Å². The van der Waals surface area contributed by atoms with E-state index in [0.29, 0.717) is 23.7 Å². The van der Waals surface area contributed by atoms with E-state index in [1.54, 1.807) is 13.0 Å². The van der Waals surface area contributed by atoms with Crippen LogP contribution in [0.5, 0.6) is 0 Å². The molecule has 1 aliphatic rings. The maximum Gasteiger partial charge on any atom is 0.341 e. The van der Waals surface area contributed by atoms with Gasteiger partial charge in [-0.3, -0.25) is 14.6 Å². The fourth-order valence-corrected chi connectivity index (χ4v) is 4.28. The topological polar surface area (TPSA) is 61.9 Å². The van der Waals surface area contributed by atoms with Gasteiger partial charge < -0.3 is 10.1 Å². The summed E-state index contributed by atoms with van der Waals surface area (Å²) in [4.78, 5) is 30.1. The molecule has 0 atom stereocenters. The smallest absolute Gasteiger partial charge is 0.341 e. The standard InChI is InChI=1S/C23H29N3O3S/c1-3-29-23(28)20-16-18(2)30-22(20)24-21(27)17-26-14-12-25(13-15-26)11-7-10-19-8-5-4-6-9-19/h4-10,16H,3,11-15,17H2,1-2H3,(H,24,27)/b10-7+. The van der Waals surface area contributed by atoms with Crippen LogP contribution in [-0.4, -0.2) is 67.6 Å². The summed E-state index contributed by atoms with van der Waals surface area (Å²) in [5, 5.41) is 3.46. The van der Waals surface area contributed by atoms with Crippen molar-refractivity contribution >= 4 is 34.3 Å². The number of nitrogens with one attached hydrogen (secondary N) is 1. The van der Waals surface area contributed by atoms with E-state index in [2.05, 4.69) is 39.4 Å². The third-order valence-corrected chi connectivity index (χ3v) is 5.88. The number of hydrogen-bond acceptors (Lipinski definition) is 6. The second-order valence-corrected chi connectivity index (χ2v) is 8.51. The number of aryl methyl sites for hydroxylation is 1. The molecule has 2 aromatic rings. The molecule has 30 heavy (non-hydrogen) atoms. The molecule has 0 saturated carbocycles. The van der Waals surface area contributed by atoms with Gasteiger partial charge in [0.15, 0.2) is 0 Å². The lowest BCUT2D eigenvalue weighted by Crippen LogP contribution is -2.48. The molecule has 6 nitrogen and oxygen atoms in total. The molecule has 1 amide bonds. The molecule has 0 aliphatic carbocycles. The highest BCUT2D eigenvalue weighted by atomic mass is 32.1. The van der Waals surface area contributed by atoms with Crippen LogP contribution in [0.4, 0.5) is 5.00 Å². The number of benzene rings is 1. The lowest BCUT2D eigenvalue weighted by molar-refractivity contribution is -0.117.